The molecule has 5 nitrogen and oxygen atoms in total. The molecule has 0 saturated carbocycles. The van der Waals surface area contributed by atoms with Gasteiger partial charge in [0, 0.05) is 11.4 Å². The molecule has 18 heavy (non-hydrogen) atoms. The molecule has 0 spiro atoms. The Morgan fingerprint density at radius 3 is 2.89 bits per heavy atom. The molecule has 2 aromatic heterocycles. The Balaban J connectivity index is 1.96. The van der Waals surface area contributed by atoms with Crippen molar-refractivity contribution in [3.63, 3.8) is 0 Å². The van der Waals surface area contributed by atoms with Crippen LogP contribution in [0.2, 0.25) is 0 Å². The summed E-state index contributed by atoms with van der Waals surface area (Å²) in [4.78, 5) is 18.4. The molecule has 0 aliphatic carbocycles. The number of methoxy groups -OCH3 is 1. The fourth-order valence-corrected chi connectivity index (χ4v) is 1.54. The van der Waals surface area contributed by atoms with Crippen molar-refractivity contribution >= 4 is 11.7 Å². The SMILES string of the molecule is COC(=O)c1ccc(CNc2ccc(C)nc2)[nH]1. The van der Waals surface area contributed by atoms with Crippen LogP contribution >= 0.6 is 0 Å². The number of anilines is 1. The van der Waals surface area contributed by atoms with Gasteiger partial charge in [-0.15, -0.1) is 0 Å². The van der Waals surface area contributed by atoms with Gasteiger partial charge in [-0.3, -0.25) is 4.98 Å². The van der Waals surface area contributed by atoms with Crippen molar-refractivity contribution in [3.8, 4) is 0 Å². The maximum absolute atomic E-state index is 11.3. The largest absolute Gasteiger partial charge is 0.464 e. The van der Waals surface area contributed by atoms with Crippen LogP contribution in [0, 0.1) is 6.92 Å². The lowest BCUT2D eigenvalue weighted by molar-refractivity contribution is 0.0594. The summed E-state index contributed by atoms with van der Waals surface area (Å²) in [6.45, 7) is 2.54. The molecule has 2 heterocycles. The molecule has 5 heteroatoms. The number of ether oxygens (including phenoxy) is 1. The third kappa shape index (κ3) is 2.88. The summed E-state index contributed by atoms with van der Waals surface area (Å²) in [5.74, 6) is -0.363. The standard InChI is InChI=1S/C13H15N3O2/c1-9-3-4-10(7-14-9)15-8-11-5-6-12(16-11)13(17)18-2/h3-7,15-16H,8H2,1-2H3. The monoisotopic (exact) mass is 245 g/mol. The quantitative estimate of drug-likeness (QED) is 0.810. The lowest BCUT2D eigenvalue weighted by Crippen LogP contribution is -2.03. The molecular weight excluding hydrogens is 230 g/mol. The van der Waals surface area contributed by atoms with E-state index in [0.29, 0.717) is 12.2 Å². The second-order valence-corrected chi connectivity index (χ2v) is 3.93. The summed E-state index contributed by atoms with van der Waals surface area (Å²) in [7, 11) is 1.36. The molecule has 0 saturated heterocycles. The minimum atomic E-state index is -0.363. The van der Waals surface area contributed by atoms with E-state index < -0.39 is 0 Å². The van der Waals surface area contributed by atoms with Gasteiger partial charge in [0.05, 0.1) is 25.5 Å². The Bertz CT molecular complexity index is 531. The first-order chi connectivity index (χ1) is 8.69. The van der Waals surface area contributed by atoms with E-state index in [9.17, 15) is 4.79 Å². The molecule has 0 amide bonds. The maximum Gasteiger partial charge on any atom is 0.354 e. The van der Waals surface area contributed by atoms with Crippen LogP contribution in [0.25, 0.3) is 0 Å². The van der Waals surface area contributed by atoms with Crippen LogP contribution in [0.15, 0.2) is 30.5 Å². The highest BCUT2D eigenvalue weighted by Gasteiger charge is 2.07. The second-order valence-electron chi connectivity index (χ2n) is 3.93. The highest BCUT2D eigenvalue weighted by atomic mass is 16.5. The molecule has 0 aliphatic rings. The average molecular weight is 245 g/mol. The Hall–Kier alpha value is -2.30. The molecular formula is C13H15N3O2. The summed E-state index contributed by atoms with van der Waals surface area (Å²) < 4.78 is 4.62. The summed E-state index contributed by atoms with van der Waals surface area (Å²) in [5.41, 5.74) is 3.29. The highest BCUT2D eigenvalue weighted by Crippen LogP contribution is 2.09. The number of H-pyrrole nitrogens is 1. The van der Waals surface area contributed by atoms with Crippen molar-refractivity contribution in [2.45, 2.75) is 13.5 Å². The fraction of sp³-hybridized carbons (Fsp3) is 0.231. The Morgan fingerprint density at radius 2 is 2.22 bits per heavy atom. The first-order valence-corrected chi connectivity index (χ1v) is 5.62. The average Bonchev–Trinajstić information content (AvgIpc) is 2.86. The van der Waals surface area contributed by atoms with Gasteiger partial charge >= 0.3 is 5.97 Å². The van der Waals surface area contributed by atoms with Gasteiger partial charge in [-0.05, 0) is 31.2 Å². The molecule has 0 bridgehead atoms. The number of hydrogen-bond donors (Lipinski definition) is 2. The Kier molecular flexibility index (Phi) is 3.62. The highest BCUT2D eigenvalue weighted by molar-refractivity contribution is 5.87. The zero-order valence-electron chi connectivity index (χ0n) is 10.4. The number of esters is 1. The van der Waals surface area contributed by atoms with Crippen LogP contribution in [-0.4, -0.2) is 23.0 Å². The lowest BCUT2D eigenvalue weighted by atomic mass is 10.3. The topological polar surface area (TPSA) is 67.0 Å². The Morgan fingerprint density at radius 1 is 1.39 bits per heavy atom. The number of aromatic amines is 1. The van der Waals surface area contributed by atoms with Gasteiger partial charge in [0.25, 0.3) is 0 Å². The van der Waals surface area contributed by atoms with Crippen LogP contribution in [0.5, 0.6) is 0 Å². The number of carbonyl (C=O) groups excluding carboxylic acids is 1. The number of hydrogen-bond acceptors (Lipinski definition) is 4. The van der Waals surface area contributed by atoms with Crippen molar-refractivity contribution in [1.29, 1.82) is 0 Å². The van der Waals surface area contributed by atoms with E-state index in [0.717, 1.165) is 17.1 Å². The van der Waals surface area contributed by atoms with Gasteiger partial charge in [-0.25, -0.2) is 4.79 Å². The first kappa shape index (κ1) is 12.2. The zero-order valence-corrected chi connectivity index (χ0v) is 10.4. The molecule has 0 atom stereocenters. The van der Waals surface area contributed by atoms with Gasteiger partial charge in [0.15, 0.2) is 0 Å². The van der Waals surface area contributed by atoms with Crippen molar-refractivity contribution in [1.82, 2.24) is 9.97 Å². The van der Waals surface area contributed by atoms with E-state index in [2.05, 4.69) is 20.0 Å². The lowest BCUT2D eigenvalue weighted by Gasteiger charge is -2.04. The van der Waals surface area contributed by atoms with E-state index in [-0.39, 0.29) is 5.97 Å². The molecule has 0 unspecified atom stereocenters. The molecule has 2 rings (SSSR count). The van der Waals surface area contributed by atoms with E-state index in [1.807, 2.05) is 25.1 Å². The van der Waals surface area contributed by atoms with Gasteiger partial charge < -0.3 is 15.0 Å². The van der Waals surface area contributed by atoms with E-state index in [4.69, 9.17) is 0 Å². The fourth-order valence-electron chi connectivity index (χ4n) is 1.54. The van der Waals surface area contributed by atoms with Crippen molar-refractivity contribution in [2.24, 2.45) is 0 Å². The number of carbonyl (C=O) groups is 1. The predicted molar refractivity (Wildman–Crippen MR) is 68.4 cm³/mol. The molecule has 2 N–H and O–H groups in total. The van der Waals surface area contributed by atoms with Gasteiger partial charge in [-0.1, -0.05) is 0 Å². The molecule has 0 radical (unpaired) electrons. The van der Waals surface area contributed by atoms with Crippen LogP contribution in [-0.2, 0) is 11.3 Å². The minimum absolute atomic E-state index is 0.363. The van der Waals surface area contributed by atoms with Crippen LogP contribution < -0.4 is 5.32 Å². The molecule has 0 aliphatic heterocycles. The number of rotatable bonds is 4. The summed E-state index contributed by atoms with van der Waals surface area (Å²) in [6, 6.07) is 7.46. The van der Waals surface area contributed by atoms with E-state index in [1.165, 1.54) is 7.11 Å². The van der Waals surface area contributed by atoms with Gasteiger partial charge in [0.2, 0.25) is 0 Å². The summed E-state index contributed by atoms with van der Waals surface area (Å²) in [5, 5.41) is 3.21. The minimum Gasteiger partial charge on any atom is -0.464 e. The third-order valence-electron chi connectivity index (χ3n) is 2.55. The summed E-state index contributed by atoms with van der Waals surface area (Å²) >= 11 is 0. The number of aromatic nitrogens is 2. The van der Waals surface area contributed by atoms with E-state index in [1.54, 1.807) is 12.3 Å². The number of nitrogens with zero attached hydrogens (tertiary/aromatic N) is 1. The van der Waals surface area contributed by atoms with Crippen LogP contribution in [0.3, 0.4) is 0 Å². The molecule has 94 valence electrons. The van der Waals surface area contributed by atoms with E-state index >= 15 is 0 Å². The van der Waals surface area contributed by atoms with Gasteiger partial charge in [0.1, 0.15) is 5.69 Å². The normalized spacial score (nSPS) is 10.1. The molecule has 2 aromatic rings. The maximum atomic E-state index is 11.3. The molecule has 0 aromatic carbocycles. The number of pyridine rings is 1. The predicted octanol–water partition coefficient (Wildman–Crippen LogP) is 2.12. The van der Waals surface area contributed by atoms with Crippen LogP contribution in [0.4, 0.5) is 5.69 Å². The Labute approximate surface area is 105 Å². The zero-order chi connectivity index (χ0) is 13.0. The van der Waals surface area contributed by atoms with Crippen LogP contribution in [0.1, 0.15) is 21.9 Å². The smallest absolute Gasteiger partial charge is 0.354 e. The number of nitrogens with one attached hydrogen (secondary N) is 2. The molecule has 0 fully saturated rings. The number of aryl methyl sites for hydroxylation is 1. The first-order valence-electron chi connectivity index (χ1n) is 5.62. The second kappa shape index (κ2) is 5.35. The summed E-state index contributed by atoms with van der Waals surface area (Å²) in [6.07, 6.45) is 1.78. The van der Waals surface area contributed by atoms with Crippen molar-refractivity contribution < 1.29 is 9.53 Å². The van der Waals surface area contributed by atoms with Gasteiger partial charge in [-0.2, -0.15) is 0 Å². The third-order valence-corrected chi connectivity index (χ3v) is 2.55. The van der Waals surface area contributed by atoms with Crippen molar-refractivity contribution in [3.05, 3.63) is 47.5 Å². The van der Waals surface area contributed by atoms with Crippen molar-refractivity contribution in [2.75, 3.05) is 12.4 Å².